The molecule has 2 aliphatic heterocycles. The lowest BCUT2D eigenvalue weighted by atomic mass is 9.80. The van der Waals surface area contributed by atoms with Gasteiger partial charge in [-0.3, -0.25) is 23.0 Å². The number of hydrogen-bond acceptors (Lipinski definition) is 12. The fraction of sp³-hybridized carbons (Fsp3) is 0.396. The second-order valence-corrected chi connectivity index (χ2v) is 24.6. The summed E-state index contributed by atoms with van der Waals surface area (Å²) in [6.45, 7) is 13.6. The zero-order valence-corrected chi connectivity index (χ0v) is 42.3. The van der Waals surface area contributed by atoms with Crippen molar-refractivity contribution in [2.75, 3.05) is 40.9 Å². The summed E-state index contributed by atoms with van der Waals surface area (Å²) in [6.07, 6.45) is 10.1. The fourth-order valence-corrected chi connectivity index (χ4v) is 11.2. The lowest BCUT2D eigenvalue weighted by molar-refractivity contribution is -0.117. The standard InChI is InChI=1S/C48H59N3O14S4/c1-32(2)46(52)49-25-24-33-12-16-36(17-13-33)65-45-34(14-22-43-47(3,4)39-30-37(68(59,60)61)18-20-41(39)50(43)26-8-28-66(53,54)55)10-7-11-35(45)15-23-44-48(5,6)40-31-38(69(62,63)64)19-21-42(40)51(44)27-9-29-67(56,57)58/h12-23,30-31,43H,1,7-11,24-29H2,2-6H3,(H,49,52)(H,53,54,55)(H,56,57,58)(H,59,60,61)(H,62,63,64). The smallest absolute Gasteiger partial charge is 0.294 e. The van der Waals surface area contributed by atoms with E-state index in [2.05, 4.69) is 11.9 Å². The van der Waals surface area contributed by atoms with Gasteiger partial charge in [0.1, 0.15) is 11.5 Å². The van der Waals surface area contributed by atoms with Gasteiger partial charge in [-0.15, -0.1) is 0 Å². The van der Waals surface area contributed by atoms with Crippen LogP contribution in [0.15, 0.2) is 130 Å². The van der Waals surface area contributed by atoms with Gasteiger partial charge in [-0.1, -0.05) is 64.6 Å². The molecule has 3 aromatic carbocycles. The summed E-state index contributed by atoms with van der Waals surface area (Å²) in [7, 11) is -17.7. The van der Waals surface area contributed by atoms with Crippen LogP contribution >= 0.6 is 0 Å². The van der Waals surface area contributed by atoms with Gasteiger partial charge in [0.05, 0.1) is 27.3 Å². The van der Waals surface area contributed by atoms with Gasteiger partial charge in [0.15, 0.2) is 0 Å². The lowest BCUT2D eigenvalue weighted by Gasteiger charge is -2.33. The molecule has 1 unspecified atom stereocenters. The van der Waals surface area contributed by atoms with Crippen LogP contribution < -0.4 is 19.9 Å². The summed E-state index contributed by atoms with van der Waals surface area (Å²) < 4.78 is 142. The highest BCUT2D eigenvalue weighted by Crippen LogP contribution is 2.50. The molecule has 1 aliphatic carbocycles. The van der Waals surface area contributed by atoms with Gasteiger partial charge in [0.2, 0.25) is 5.91 Å². The summed E-state index contributed by atoms with van der Waals surface area (Å²) in [5.41, 5.74) is 4.31. The third-order valence-corrected chi connectivity index (χ3v) is 16.0. The molecule has 3 aromatic rings. The minimum Gasteiger partial charge on any atom is -0.457 e. The Morgan fingerprint density at radius 1 is 0.783 bits per heavy atom. The van der Waals surface area contributed by atoms with Crippen molar-refractivity contribution in [2.24, 2.45) is 0 Å². The number of rotatable bonds is 19. The van der Waals surface area contributed by atoms with Gasteiger partial charge in [-0.25, -0.2) is 0 Å². The van der Waals surface area contributed by atoms with Crippen LogP contribution in [0.1, 0.15) is 83.4 Å². The summed E-state index contributed by atoms with van der Waals surface area (Å²) in [4.78, 5) is 15.3. The average molecular weight is 1030 g/mol. The van der Waals surface area contributed by atoms with Crippen LogP contribution in [-0.2, 0) is 62.5 Å². The van der Waals surface area contributed by atoms with Crippen LogP contribution in [0.2, 0.25) is 0 Å². The SMILES string of the molecule is C=C(C)C(=O)NCCc1ccc(OC2=C(C=CC3N(CCCS(=O)(=O)O)c4ccc(S(=O)(=O)O)cc4C3(C)C)CCCC2=CC=C2N(CCCS(=O)(=O)O)c3ccc(S(=O)(=O)O)cc3C2(C)C)cc1. The third kappa shape index (κ3) is 12.8. The molecule has 0 spiro atoms. The summed E-state index contributed by atoms with van der Waals surface area (Å²) in [5, 5.41) is 2.82. The van der Waals surface area contributed by atoms with E-state index in [0.29, 0.717) is 77.5 Å². The first kappa shape index (κ1) is 53.2. The number of fused-ring (bicyclic) bond motifs is 2. The molecule has 1 atom stereocenters. The van der Waals surface area contributed by atoms with E-state index < -0.39 is 68.9 Å². The van der Waals surface area contributed by atoms with Crippen molar-refractivity contribution in [3.8, 4) is 5.75 Å². The second kappa shape index (κ2) is 20.3. The average Bonchev–Trinajstić information content (AvgIpc) is 3.58. The van der Waals surface area contributed by atoms with E-state index in [1.165, 1.54) is 24.3 Å². The second-order valence-electron chi connectivity index (χ2n) is 18.6. The number of amides is 1. The van der Waals surface area contributed by atoms with Crippen molar-refractivity contribution in [1.29, 1.82) is 0 Å². The summed E-state index contributed by atoms with van der Waals surface area (Å²) in [5.74, 6) is -0.234. The van der Waals surface area contributed by atoms with Crippen molar-refractivity contribution < 1.29 is 61.4 Å². The third-order valence-electron chi connectivity index (χ3n) is 12.7. The number of allylic oxidation sites excluding steroid dienone is 6. The normalized spacial score (nSPS) is 19.3. The molecular formula is C48H59N3O14S4. The Morgan fingerprint density at radius 3 is 1.94 bits per heavy atom. The van der Waals surface area contributed by atoms with Crippen LogP contribution in [0.3, 0.4) is 0 Å². The Balaban J connectivity index is 1.45. The highest BCUT2D eigenvalue weighted by molar-refractivity contribution is 7.86. The number of carbonyl (C=O) groups excluding carboxylic acids is 1. The number of hydrogen-bond donors (Lipinski definition) is 5. The van der Waals surface area contributed by atoms with Gasteiger partial charge < -0.3 is 19.9 Å². The topological polar surface area (TPSA) is 262 Å². The molecule has 5 N–H and O–H groups in total. The monoisotopic (exact) mass is 1030 g/mol. The molecule has 0 saturated heterocycles. The van der Waals surface area contributed by atoms with Crippen LogP contribution in [0, 0.1) is 0 Å². The molecule has 1 amide bonds. The van der Waals surface area contributed by atoms with Crippen LogP contribution in [0.4, 0.5) is 11.4 Å². The number of nitrogens with one attached hydrogen (secondary N) is 1. The summed E-state index contributed by atoms with van der Waals surface area (Å²) in [6, 6.07) is 15.4. The molecular weight excluding hydrogens is 971 g/mol. The minimum absolute atomic E-state index is 0.0348. The van der Waals surface area contributed by atoms with E-state index in [1.807, 2.05) is 86.1 Å². The Labute approximate surface area is 405 Å². The van der Waals surface area contributed by atoms with E-state index in [9.17, 15) is 56.7 Å². The largest absolute Gasteiger partial charge is 0.457 e. The molecule has 0 aromatic heterocycles. The van der Waals surface area contributed by atoms with E-state index >= 15 is 0 Å². The number of anilines is 2. The van der Waals surface area contributed by atoms with Crippen molar-refractivity contribution in [1.82, 2.24) is 5.32 Å². The molecule has 0 bridgehead atoms. The van der Waals surface area contributed by atoms with Crippen LogP contribution in [-0.4, -0.2) is 95.0 Å². The molecule has 0 saturated carbocycles. The van der Waals surface area contributed by atoms with E-state index in [1.54, 1.807) is 19.1 Å². The maximum absolute atomic E-state index is 12.3. The molecule has 0 radical (unpaired) electrons. The molecule has 2 heterocycles. The van der Waals surface area contributed by atoms with Gasteiger partial charge in [-0.2, -0.15) is 33.7 Å². The zero-order valence-electron chi connectivity index (χ0n) is 39.0. The first-order valence-corrected chi connectivity index (χ1v) is 28.3. The van der Waals surface area contributed by atoms with Crippen LogP contribution in [0.5, 0.6) is 5.75 Å². The predicted octanol–water partition coefficient (Wildman–Crippen LogP) is 7.12. The Hall–Kier alpha value is -5.13. The van der Waals surface area contributed by atoms with E-state index in [-0.39, 0.29) is 41.6 Å². The van der Waals surface area contributed by atoms with E-state index in [4.69, 9.17) is 4.74 Å². The Morgan fingerprint density at radius 2 is 1.36 bits per heavy atom. The maximum atomic E-state index is 12.3. The molecule has 69 heavy (non-hydrogen) atoms. The van der Waals surface area contributed by atoms with Gasteiger partial charge >= 0.3 is 0 Å². The predicted molar refractivity (Wildman–Crippen MR) is 264 cm³/mol. The first-order valence-electron chi connectivity index (χ1n) is 22.2. The lowest BCUT2D eigenvalue weighted by Crippen LogP contribution is -2.41. The highest BCUT2D eigenvalue weighted by Gasteiger charge is 2.44. The molecule has 21 heteroatoms. The van der Waals surface area contributed by atoms with Gasteiger partial charge in [0, 0.05) is 53.1 Å². The number of carbonyl (C=O) groups is 1. The maximum Gasteiger partial charge on any atom is 0.294 e. The molecule has 0 fully saturated rings. The molecule has 374 valence electrons. The van der Waals surface area contributed by atoms with Crippen LogP contribution in [0.25, 0.3) is 0 Å². The minimum atomic E-state index is -4.57. The van der Waals surface area contributed by atoms with Crippen molar-refractivity contribution in [3.63, 3.8) is 0 Å². The van der Waals surface area contributed by atoms with Crippen molar-refractivity contribution in [2.45, 2.75) is 99.8 Å². The highest BCUT2D eigenvalue weighted by atomic mass is 32.2. The van der Waals surface area contributed by atoms with E-state index in [0.717, 1.165) is 16.7 Å². The Bertz CT molecular complexity index is 3100. The molecule has 17 nitrogen and oxygen atoms in total. The summed E-state index contributed by atoms with van der Waals surface area (Å²) >= 11 is 0. The first-order chi connectivity index (χ1) is 32.0. The molecule has 3 aliphatic rings. The number of nitrogens with zero attached hydrogens (tertiary/aromatic N) is 2. The van der Waals surface area contributed by atoms with Gasteiger partial charge in [-0.05, 0) is 128 Å². The number of ether oxygens (including phenoxy) is 1. The number of benzene rings is 3. The van der Waals surface area contributed by atoms with Crippen molar-refractivity contribution in [3.05, 3.63) is 136 Å². The Kier molecular flexibility index (Phi) is 15.7. The van der Waals surface area contributed by atoms with Crippen molar-refractivity contribution >= 4 is 57.8 Å². The zero-order chi connectivity index (χ0) is 50.9. The fourth-order valence-electron chi connectivity index (χ4n) is 9.17. The quantitative estimate of drug-likeness (QED) is 0.0591. The molecule has 6 rings (SSSR count). The van der Waals surface area contributed by atoms with Gasteiger partial charge in [0.25, 0.3) is 40.5 Å².